The van der Waals surface area contributed by atoms with Gasteiger partial charge in [-0.1, -0.05) is 233 Å². The number of carbonyl (C=O) groups is 3. The zero-order valence-corrected chi connectivity index (χ0v) is 36.5. The summed E-state index contributed by atoms with van der Waals surface area (Å²) in [4.78, 5) is 37.5. The van der Waals surface area contributed by atoms with Crippen LogP contribution in [0.15, 0.2) is 0 Å². The quantitative estimate of drug-likeness (QED) is 0.0349. The summed E-state index contributed by atoms with van der Waals surface area (Å²) in [6.45, 7) is 6.59. The fourth-order valence-corrected chi connectivity index (χ4v) is 7.21. The highest BCUT2D eigenvalue weighted by molar-refractivity contribution is 5.71. The fraction of sp³-hybridized carbons (Fsp3) is 0.938. The molecule has 1 unspecified atom stereocenters. The zero-order chi connectivity index (χ0) is 39.4. The van der Waals surface area contributed by atoms with Crippen LogP contribution in [0.2, 0.25) is 0 Å². The second-order valence-corrected chi connectivity index (χ2v) is 16.4. The van der Waals surface area contributed by atoms with E-state index in [1.165, 1.54) is 167 Å². The third-order valence-electron chi connectivity index (χ3n) is 10.9. The maximum atomic E-state index is 12.7. The van der Waals surface area contributed by atoms with E-state index < -0.39 is 6.10 Å². The summed E-state index contributed by atoms with van der Waals surface area (Å²) in [5, 5.41) is 0. The predicted molar refractivity (Wildman–Crippen MR) is 229 cm³/mol. The van der Waals surface area contributed by atoms with Crippen LogP contribution < -0.4 is 0 Å². The summed E-state index contributed by atoms with van der Waals surface area (Å²) in [6, 6.07) is 0. The van der Waals surface area contributed by atoms with Crippen LogP contribution in [0.25, 0.3) is 0 Å². The van der Waals surface area contributed by atoms with Crippen molar-refractivity contribution in [2.24, 2.45) is 0 Å². The largest absolute Gasteiger partial charge is 0.462 e. The van der Waals surface area contributed by atoms with Crippen LogP contribution >= 0.6 is 0 Å². The minimum Gasteiger partial charge on any atom is -0.462 e. The number of carbonyl (C=O) groups excluding carboxylic acids is 3. The average Bonchev–Trinajstić information content (AvgIpc) is 3.17. The summed E-state index contributed by atoms with van der Waals surface area (Å²) in [5.74, 6) is -0.862. The van der Waals surface area contributed by atoms with Gasteiger partial charge in [-0.2, -0.15) is 0 Å². The summed E-state index contributed by atoms with van der Waals surface area (Å²) in [5.41, 5.74) is 0. The lowest BCUT2D eigenvalue weighted by Crippen LogP contribution is -2.30. The summed E-state index contributed by atoms with van der Waals surface area (Å²) < 4.78 is 16.6. The van der Waals surface area contributed by atoms with Crippen LogP contribution in [0, 0.1) is 0 Å². The molecule has 0 aromatic rings. The van der Waals surface area contributed by atoms with Crippen LogP contribution in [-0.2, 0) is 28.6 Å². The van der Waals surface area contributed by atoms with Crippen LogP contribution in [0.1, 0.15) is 271 Å². The van der Waals surface area contributed by atoms with Crippen molar-refractivity contribution < 1.29 is 28.6 Å². The Morgan fingerprint density at radius 2 is 0.500 bits per heavy atom. The minimum atomic E-state index is -0.757. The first-order valence-electron chi connectivity index (χ1n) is 24.0. The highest BCUT2D eigenvalue weighted by atomic mass is 16.6. The van der Waals surface area contributed by atoms with Gasteiger partial charge in [-0.05, 0) is 19.3 Å². The SMILES string of the molecule is CCCCCCCCCCCCCCCCCCCCC(=O)OCC(COC(=O)CCCCCCC)OC(=O)CCCCCCCCCCCCCCC. The molecule has 1 atom stereocenters. The Morgan fingerprint density at radius 1 is 0.296 bits per heavy atom. The lowest BCUT2D eigenvalue weighted by Gasteiger charge is -2.18. The van der Waals surface area contributed by atoms with E-state index in [0.717, 1.165) is 64.2 Å². The van der Waals surface area contributed by atoms with Gasteiger partial charge in [0.1, 0.15) is 13.2 Å². The molecule has 6 heteroatoms. The third kappa shape index (κ3) is 41.6. The molecular formula is C48H92O6. The van der Waals surface area contributed by atoms with Crippen molar-refractivity contribution in [3.05, 3.63) is 0 Å². The Kier molecular flexibility index (Phi) is 42.8. The Bertz CT molecular complexity index is 798. The molecule has 0 aromatic carbocycles. The van der Waals surface area contributed by atoms with Gasteiger partial charge in [0.2, 0.25) is 0 Å². The molecule has 0 fully saturated rings. The summed E-state index contributed by atoms with van der Waals surface area (Å²) >= 11 is 0. The highest BCUT2D eigenvalue weighted by Crippen LogP contribution is 2.16. The Balaban J connectivity index is 4.11. The van der Waals surface area contributed by atoms with Gasteiger partial charge in [-0.25, -0.2) is 0 Å². The molecule has 0 radical (unpaired) electrons. The first kappa shape index (κ1) is 52.4. The predicted octanol–water partition coefficient (Wildman–Crippen LogP) is 15.3. The van der Waals surface area contributed by atoms with Crippen molar-refractivity contribution in [1.82, 2.24) is 0 Å². The Hall–Kier alpha value is -1.59. The van der Waals surface area contributed by atoms with Crippen molar-refractivity contribution in [2.75, 3.05) is 13.2 Å². The van der Waals surface area contributed by atoms with Crippen molar-refractivity contribution in [3.63, 3.8) is 0 Å². The molecular weight excluding hydrogens is 673 g/mol. The molecule has 54 heavy (non-hydrogen) atoms. The van der Waals surface area contributed by atoms with E-state index in [0.29, 0.717) is 19.3 Å². The number of hydrogen-bond acceptors (Lipinski definition) is 6. The molecule has 0 saturated heterocycles. The second-order valence-electron chi connectivity index (χ2n) is 16.4. The molecule has 0 bridgehead atoms. The summed E-state index contributed by atoms with van der Waals surface area (Å²) in [7, 11) is 0. The first-order valence-corrected chi connectivity index (χ1v) is 24.0. The third-order valence-corrected chi connectivity index (χ3v) is 10.9. The molecule has 0 aliphatic rings. The van der Waals surface area contributed by atoms with E-state index in [9.17, 15) is 14.4 Å². The van der Waals surface area contributed by atoms with E-state index in [2.05, 4.69) is 20.8 Å². The number of rotatable bonds is 44. The highest BCUT2D eigenvalue weighted by Gasteiger charge is 2.19. The van der Waals surface area contributed by atoms with Gasteiger partial charge in [0.25, 0.3) is 0 Å². The van der Waals surface area contributed by atoms with Crippen molar-refractivity contribution in [2.45, 2.75) is 277 Å². The molecule has 0 aromatic heterocycles. The molecule has 0 aliphatic carbocycles. The Morgan fingerprint density at radius 3 is 0.741 bits per heavy atom. The molecule has 0 amide bonds. The molecule has 6 nitrogen and oxygen atoms in total. The molecule has 0 heterocycles. The summed E-state index contributed by atoms with van der Waals surface area (Å²) in [6.07, 6.45) is 45.5. The number of esters is 3. The molecule has 0 spiro atoms. The zero-order valence-electron chi connectivity index (χ0n) is 36.5. The average molecular weight is 765 g/mol. The van der Waals surface area contributed by atoms with Gasteiger partial charge in [0, 0.05) is 19.3 Å². The van der Waals surface area contributed by atoms with E-state index in [1.54, 1.807) is 0 Å². The molecule has 320 valence electrons. The van der Waals surface area contributed by atoms with Gasteiger partial charge in [0.15, 0.2) is 6.10 Å². The van der Waals surface area contributed by atoms with Crippen LogP contribution in [0.5, 0.6) is 0 Å². The van der Waals surface area contributed by atoms with Gasteiger partial charge < -0.3 is 14.2 Å². The fourth-order valence-electron chi connectivity index (χ4n) is 7.21. The first-order chi connectivity index (χ1) is 26.5. The number of hydrogen-bond donors (Lipinski definition) is 0. The van der Waals surface area contributed by atoms with E-state index in [1.807, 2.05) is 0 Å². The van der Waals surface area contributed by atoms with Crippen LogP contribution in [0.3, 0.4) is 0 Å². The van der Waals surface area contributed by atoms with Crippen molar-refractivity contribution >= 4 is 17.9 Å². The van der Waals surface area contributed by atoms with Crippen LogP contribution in [0.4, 0.5) is 0 Å². The minimum absolute atomic E-state index is 0.0635. The van der Waals surface area contributed by atoms with Gasteiger partial charge in [-0.3, -0.25) is 14.4 Å². The van der Waals surface area contributed by atoms with Gasteiger partial charge in [-0.15, -0.1) is 0 Å². The van der Waals surface area contributed by atoms with E-state index >= 15 is 0 Å². The normalized spacial score (nSPS) is 11.8. The second kappa shape index (κ2) is 44.1. The standard InChI is InChI=1S/C48H92O6/c1-4-7-10-13-15-17-19-21-22-23-24-25-27-28-30-32-35-38-41-47(50)53-44-45(43-52-46(49)40-37-34-12-9-6-3)54-48(51)42-39-36-33-31-29-26-20-18-16-14-11-8-5-2/h45H,4-44H2,1-3H3. The van der Waals surface area contributed by atoms with E-state index in [-0.39, 0.29) is 31.1 Å². The van der Waals surface area contributed by atoms with Crippen LogP contribution in [-0.4, -0.2) is 37.2 Å². The van der Waals surface area contributed by atoms with Crippen molar-refractivity contribution in [1.29, 1.82) is 0 Å². The van der Waals surface area contributed by atoms with Gasteiger partial charge >= 0.3 is 17.9 Å². The van der Waals surface area contributed by atoms with E-state index in [4.69, 9.17) is 14.2 Å². The smallest absolute Gasteiger partial charge is 0.306 e. The Labute approximate surface area is 336 Å². The molecule has 0 saturated carbocycles. The monoisotopic (exact) mass is 765 g/mol. The maximum absolute atomic E-state index is 12.7. The van der Waals surface area contributed by atoms with Crippen molar-refractivity contribution in [3.8, 4) is 0 Å². The maximum Gasteiger partial charge on any atom is 0.306 e. The topological polar surface area (TPSA) is 78.9 Å². The lowest BCUT2D eigenvalue weighted by atomic mass is 10.0. The molecule has 0 N–H and O–H groups in total. The lowest BCUT2D eigenvalue weighted by molar-refractivity contribution is -0.167. The molecule has 0 aliphatic heterocycles. The number of ether oxygens (including phenoxy) is 3. The van der Waals surface area contributed by atoms with Gasteiger partial charge in [0.05, 0.1) is 0 Å². The molecule has 0 rings (SSSR count). The number of unbranched alkanes of at least 4 members (excludes halogenated alkanes) is 33.